The number of ketones is 1. The second kappa shape index (κ2) is 11.4. The Bertz CT molecular complexity index is 1090. The molecule has 0 radical (unpaired) electrons. The summed E-state index contributed by atoms with van der Waals surface area (Å²) >= 11 is 0. The molecule has 2 aromatic rings. The Morgan fingerprint density at radius 1 is 1.06 bits per heavy atom. The molecule has 1 aliphatic heterocycles. The lowest BCUT2D eigenvalue weighted by Gasteiger charge is -2.26. The summed E-state index contributed by atoms with van der Waals surface area (Å²) in [6.07, 6.45) is 1.61. The van der Waals surface area contributed by atoms with Crippen molar-refractivity contribution < 1.29 is 19.4 Å². The van der Waals surface area contributed by atoms with Crippen molar-refractivity contribution in [3.8, 4) is 5.75 Å². The average Bonchev–Trinajstić information content (AvgIpc) is 3.07. The number of aryl methyl sites for hydroxylation is 1. The molecular weight excluding hydrogens is 442 g/mol. The number of ether oxygens (including phenoxy) is 1. The summed E-state index contributed by atoms with van der Waals surface area (Å²) in [4.78, 5) is 32.0. The van der Waals surface area contributed by atoms with Crippen molar-refractivity contribution in [1.29, 1.82) is 0 Å². The molecule has 0 spiro atoms. The van der Waals surface area contributed by atoms with Crippen molar-refractivity contribution in [2.75, 3.05) is 52.8 Å². The lowest BCUT2D eigenvalue weighted by Crippen LogP contribution is -2.32. The van der Waals surface area contributed by atoms with Crippen LogP contribution < -0.4 is 9.64 Å². The summed E-state index contributed by atoms with van der Waals surface area (Å²) in [5.41, 5.74) is 3.28. The zero-order chi connectivity index (χ0) is 25.7. The molecule has 2 aromatic carbocycles. The van der Waals surface area contributed by atoms with E-state index >= 15 is 0 Å². The second-order valence-electron chi connectivity index (χ2n) is 9.46. The van der Waals surface area contributed by atoms with Gasteiger partial charge in [0.2, 0.25) is 0 Å². The van der Waals surface area contributed by atoms with Crippen LogP contribution in [0.3, 0.4) is 0 Å². The fraction of sp³-hybridized carbons (Fsp3) is 0.429. The minimum Gasteiger partial charge on any atom is -0.507 e. The zero-order valence-corrected chi connectivity index (χ0v) is 21.7. The van der Waals surface area contributed by atoms with Gasteiger partial charge in [-0.25, -0.2) is 0 Å². The maximum Gasteiger partial charge on any atom is 0.295 e. The molecule has 1 heterocycles. The fourth-order valence-corrected chi connectivity index (χ4v) is 4.30. The third-order valence-electron chi connectivity index (χ3n) is 6.18. The first kappa shape index (κ1) is 26.3. The minimum atomic E-state index is -0.655. The standard InChI is InChI=1S/C28H37N3O4/c1-7-17-35-23-14-11-21(18-19(23)2)26(32)24-25(20-9-12-22(13-10-20)30(5)6)31(28(34)27(24)33)16-8-15-29(3)4/h9-14,18,25,32H,7-8,15-17H2,1-6H3/t25-/m0/s1. The van der Waals surface area contributed by atoms with Crippen molar-refractivity contribution in [3.05, 3.63) is 64.7 Å². The van der Waals surface area contributed by atoms with Gasteiger partial charge in [0.05, 0.1) is 18.2 Å². The van der Waals surface area contributed by atoms with Crippen LogP contribution in [0.2, 0.25) is 0 Å². The van der Waals surface area contributed by atoms with E-state index < -0.39 is 17.7 Å². The Balaban J connectivity index is 2.06. The molecule has 1 fully saturated rings. The van der Waals surface area contributed by atoms with Crippen LogP contribution in [0.25, 0.3) is 5.76 Å². The Hall–Kier alpha value is -3.32. The summed E-state index contributed by atoms with van der Waals surface area (Å²) < 4.78 is 5.75. The molecule has 0 bridgehead atoms. The van der Waals surface area contributed by atoms with Crippen molar-refractivity contribution in [3.63, 3.8) is 0 Å². The normalized spacial score (nSPS) is 17.3. The molecule has 7 heteroatoms. The van der Waals surface area contributed by atoms with E-state index in [0.29, 0.717) is 18.7 Å². The van der Waals surface area contributed by atoms with E-state index in [1.54, 1.807) is 23.1 Å². The zero-order valence-electron chi connectivity index (χ0n) is 21.7. The molecule has 7 nitrogen and oxygen atoms in total. The van der Waals surface area contributed by atoms with E-state index in [4.69, 9.17) is 4.74 Å². The molecule has 3 rings (SSSR count). The average molecular weight is 480 g/mol. The number of carbonyl (C=O) groups is 2. The smallest absolute Gasteiger partial charge is 0.295 e. The number of nitrogens with zero attached hydrogens (tertiary/aromatic N) is 3. The van der Waals surface area contributed by atoms with E-state index in [1.165, 1.54) is 0 Å². The third-order valence-corrected chi connectivity index (χ3v) is 6.18. The SMILES string of the molecule is CCCOc1ccc(C(O)=C2C(=O)C(=O)N(CCCN(C)C)[C@H]2c2ccc(N(C)C)cc2)cc1C. The third kappa shape index (κ3) is 5.85. The highest BCUT2D eigenvalue weighted by molar-refractivity contribution is 6.46. The summed E-state index contributed by atoms with van der Waals surface area (Å²) in [5, 5.41) is 11.3. The Labute approximate surface area is 208 Å². The van der Waals surface area contributed by atoms with Crippen molar-refractivity contribution in [2.24, 2.45) is 0 Å². The molecule has 1 N–H and O–H groups in total. The molecular formula is C28H37N3O4. The Kier molecular flexibility index (Phi) is 8.57. The van der Waals surface area contributed by atoms with Crippen LogP contribution in [-0.4, -0.2) is 74.5 Å². The van der Waals surface area contributed by atoms with E-state index in [2.05, 4.69) is 0 Å². The van der Waals surface area contributed by atoms with Gasteiger partial charge < -0.3 is 24.5 Å². The van der Waals surface area contributed by atoms with Crippen LogP contribution in [0.1, 0.15) is 42.5 Å². The lowest BCUT2D eigenvalue weighted by molar-refractivity contribution is -0.139. The molecule has 1 amide bonds. The van der Waals surface area contributed by atoms with Crippen molar-refractivity contribution >= 4 is 23.1 Å². The van der Waals surface area contributed by atoms with E-state index in [9.17, 15) is 14.7 Å². The largest absolute Gasteiger partial charge is 0.507 e. The number of hydrogen-bond donors (Lipinski definition) is 1. The first-order valence-corrected chi connectivity index (χ1v) is 12.1. The van der Waals surface area contributed by atoms with Crippen molar-refractivity contribution in [1.82, 2.24) is 9.80 Å². The molecule has 35 heavy (non-hydrogen) atoms. The quantitative estimate of drug-likeness (QED) is 0.312. The number of anilines is 1. The Morgan fingerprint density at radius 3 is 2.31 bits per heavy atom. The van der Waals surface area contributed by atoms with Gasteiger partial charge in [-0.1, -0.05) is 19.1 Å². The highest BCUT2D eigenvalue weighted by Crippen LogP contribution is 2.40. The number of Topliss-reactive ketones (excluding diaryl/α,β-unsaturated/α-hetero) is 1. The minimum absolute atomic E-state index is 0.124. The number of aliphatic hydroxyl groups is 1. The molecule has 0 aliphatic carbocycles. The number of aliphatic hydroxyl groups excluding tert-OH is 1. The second-order valence-corrected chi connectivity index (χ2v) is 9.46. The maximum absolute atomic E-state index is 13.2. The molecule has 188 valence electrons. The fourth-order valence-electron chi connectivity index (χ4n) is 4.30. The first-order valence-electron chi connectivity index (χ1n) is 12.1. The van der Waals surface area contributed by atoms with Gasteiger partial charge in [-0.05, 0) is 81.9 Å². The molecule has 1 atom stereocenters. The van der Waals surface area contributed by atoms with Crippen LogP contribution >= 0.6 is 0 Å². The van der Waals surface area contributed by atoms with Gasteiger partial charge in [-0.15, -0.1) is 0 Å². The predicted molar refractivity (Wildman–Crippen MR) is 140 cm³/mol. The lowest BCUT2D eigenvalue weighted by atomic mass is 9.94. The van der Waals surface area contributed by atoms with Crippen LogP contribution in [0.5, 0.6) is 5.75 Å². The van der Waals surface area contributed by atoms with Crippen LogP contribution in [0, 0.1) is 6.92 Å². The van der Waals surface area contributed by atoms with Crippen LogP contribution in [0.4, 0.5) is 5.69 Å². The number of amides is 1. The van der Waals surface area contributed by atoms with Gasteiger partial charge >= 0.3 is 0 Å². The molecule has 1 saturated heterocycles. The predicted octanol–water partition coefficient (Wildman–Crippen LogP) is 4.22. The topological polar surface area (TPSA) is 73.3 Å². The maximum atomic E-state index is 13.2. The summed E-state index contributed by atoms with van der Waals surface area (Å²) in [5.74, 6) is -0.654. The number of benzene rings is 2. The van der Waals surface area contributed by atoms with Gasteiger partial charge in [-0.3, -0.25) is 9.59 Å². The number of rotatable bonds is 10. The van der Waals surface area contributed by atoms with Crippen LogP contribution in [-0.2, 0) is 9.59 Å². The number of hydrogen-bond acceptors (Lipinski definition) is 6. The number of likely N-dealkylation sites (tertiary alicyclic amines) is 1. The molecule has 0 saturated carbocycles. The molecule has 1 aliphatic rings. The van der Waals surface area contributed by atoms with E-state index in [1.807, 2.05) is 76.1 Å². The van der Waals surface area contributed by atoms with E-state index in [-0.39, 0.29) is 11.3 Å². The summed E-state index contributed by atoms with van der Waals surface area (Å²) in [7, 11) is 7.86. The summed E-state index contributed by atoms with van der Waals surface area (Å²) in [6.45, 7) is 5.75. The first-order chi connectivity index (χ1) is 16.6. The van der Waals surface area contributed by atoms with Crippen molar-refractivity contribution in [2.45, 2.75) is 32.7 Å². The highest BCUT2D eigenvalue weighted by atomic mass is 16.5. The monoisotopic (exact) mass is 479 g/mol. The van der Waals surface area contributed by atoms with Crippen LogP contribution in [0.15, 0.2) is 48.0 Å². The molecule has 0 unspecified atom stereocenters. The number of carbonyl (C=O) groups excluding carboxylic acids is 2. The highest BCUT2D eigenvalue weighted by Gasteiger charge is 2.45. The van der Waals surface area contributed by atoms with Gasteiger partial charge in [0.25, 0.3) is 11.7 Å². The summed E-state index contributed by atoms with van der Waals surface area (Å²) in [6, 6.07) is 12.4. The van der Waals surface area contributed by atoms with Gasteiger partial charge in [0.1, 0.15) is 11.5 Å². The molecule has 0 aromatic heterocycles. The van der Waals surface area contributed by atoms with Gasteiger partial charge in [-0.2, -0.15) is 0 Å². The van der Waals surface area contributed by atoms with E-state index in [0.717, 1.165) is 42.0 Å². The van der Waals surface area contributed by atoms with Gasteiger partial charge in [0, 0.05) is 31.9 Å². The van der Waals surface area contributed by atoms with Gasteiger partial charge in [0.15, 0.2) is 0 Å². The Morgan fingerprint density at radius 2 is 1.74 bits per heavy atom.